The molecule has 1 saturated heterocycles. The Morgan fingerprint density at radius 2 is 1.67 bits per heavy atom. The van der Waals surface area contributed by atoms with E-state index in [9.17, 15) is 8.42 Å². The van der Waals surface area contributed by atoms with Crippen LogP contribution in [0.5, 0.6) is 5.75 Å². The average molecular weight is 384 g/mol. The first-order valence-corrected chi connectivity index (χ1v) is 10.4. The van der Waals surface area contributed by atoms with Crippen molar-refractivity contribution in [1.29, 1.82) is 0 Å². The van der Waals surface area contributed by atoms with Gasteiger partial charge in [0.15, 0.2) is 0 Å². The summed E-state index contributed by atoms with van der Waals surface area (Å²) in [6.07, 6.45) is 1.86. The third-order valence-electron chi connectivity index (χ3n) is 4.53. The SMILES string of the molecule is O=S(=O)(CCOc1ccccc1)N1CC(n2cc(-c3ccccc3)nn2)C1. The second kappa shape index (κ2) is 7.50. The number of rotatable bonds is 7. The lowest BCUT2D eigenvalue weighted by atomic mass is 10.1. The molecule has 0 atom stereocenters. The van der Waals surface area contributed by atoms with Crippen molar-refractivity contribution in [3.05, 3.63) is 66.9 Å². The smallest absolute Gasteiger partial charge is 0.217 e. The van der Waals surface area contributed by atoms with E-state index in [4.69, 9.17) is 4.74 Å². The van der Waals surface area contributed by atoms with Gasteiger partial charge in [-0.15, -0.1) is 5.10 Å². The summed E-state index contributed by atoms with van der Waals surface area (Å²) in [6.45, 7) is 0.950. The summed E-state index contributed by atoms with van der Waals surface area (Å²) in [7, 11) is -3.33. The van der Waals surface area contributed by atoms with Crippen LogP contribution in [0.15, 0.2) is 66.9 Å². The summed E-state index contributed by atoms with van der Waals surface area (Å²) in [5.41, 5.74) is 1.78. The van der Waals surface area contributed by atoms with Crippen LogP contribution < -0.4 is 4.74 Å². The fraction of sp³-hybridized carbons (Fsp3) is 0.263. The minimum atomic E-state index is -3.33. The first kappa shape index (κ1) is 17.7. The molecule has 1 aliphatic heterocycles. The summed E-state index contributed by atoms with van der Waals surface area (Å²) in [5, 5.41) is 8.34. The Hall–Kier alpha value is -2.71. The Morgan fingerprint density at radius 3 is 2.37 bits per heavy atom. The molecule has 7 nitrogen and oxygen atoms in total. The maximum Gasteiger partial charge on any atom is 0.217 e. The van der Waals surface area contributed by atoms with Crippen LogP contribution in [0.1, 0.15) is 6.04 Å². The first-order chi connectivity index (χ1) is 13.1. The van der Waals surface area contributed by atoms with Gasteiger partial charge in [0.25, 0.3) is 0 Å². The van der Waals surface area contributed by atoms with Crippen LogP contribution >= 0.6 is 0 Å². The molecule has 2 heterocycles. The summed E-state index contributed by atoms with van der Waals surface area (Å²) in [4.78, 5) is 0. The highest BCUT2D eigenvalue weighted by Crippen LogP contribution is 2.25. The Balaban J connectivity index is 1.30. The monoisotopic (exact) mass is 384 g/mol. The van der Waals surface area contributed by atoms with Crippen LogP contribution in [0.2, 0.25) is 0 Å². The molecule has 0 spiro atoms. The lowest BCUT2D eigenvalue weighted by Gasteiger charge is -2.37. The third kappa shape index (κ3) is 4.01. The van der Waals surface area contributed by atoms with Crippen LogP contribution in [0.4, 0.5) is 0 Å². The van der Waals surface area contributed by atoms with Crippen molar-refractivity contribution in [2.45, 2.75) is 6.04 Å². The zero-order valence-corrected chi connectivity index (χ0v) is 15.5. The van der Waals surface area contributed by atoms with Gasteiger partial charge in [-0.05, 0) is 12.1 Å². The Morgan fingerprint density at radius 1 is 1.00 bits per heavy atom. The predicted octanol–water partition coefficient (Wildman–Crippen LogP) is 2.21. The Kier molecular flexibility index (Phi) is 4.91. The number of nitrogens with zero attached hydrogens (tertiary/aromatic N) is 4. The molecule has 3 aromatic rings. The van der Waals surface area contributed by atoms with E-state index in [1.54, 1.807) is 16.8 Å². The minimum absolute atomic E-state index is 0.0137. The summed E-state index contributed by atoms with van der Waals surface area (Å²) < 4.78 is 33.5. The minimum Gasteiger partial charge on any atom is -0.492 e. The van der Waals surface area contributed by atoms with Gasteiger partial charge in [0.1, 0.15) is 18.1 Å². The Labute approximate surface area is 158 Å². The fourth-order valence-electron chi connectivity index (χ4n) is 2.92. The molecule has 140 valence electrons. The molecule has 0 N–H and O–H groups in total. The molecule has 0 saturated carbocycles. The Bertz CT molecular complexity index is 984. The van der Waals surface area contributed by atoms with E-state index in [2.05, 4.69) is 10.3 Å². The zero-order valence-electron chi connectivity index (χ0n) is 14.7. The van der Waals surface area contributed by atoms with E-state index in [1.807, 2.05) is 54.7 Å². The van der Waals surface area contributed by atoms with E-state index in [0.29, 0.717) is 18.8 Å². The van der Waals surface area contributed by atoms with Crippen LogP contribution in [0.3, 0.4) is 0 Å². The molecule has 1 aliphatic rings. The largest absolute Gasteiger partial charge is 0.492 e. The van der Waals surface area contributed by atoms with Gasteiger partial charge in [-0.2, -0.15) is 4.31 Å². The molecule has 0 bridgehead atoms. The molecule has 0 unspecified atom stereocenters. The second-order valence-electron chi connectivity index (χ2n) is 6.40. The molecular weight excluding hydrogens is 364 g/mol. The molecular formula is C19H20N4O3S. The summed E-state index contributed by atoms with van der Waals surface area (Å²) in [5.74, 6) is 0.631. The molecule has 0 aliphatic carbocycles. The quantitative estimate of drug-likeness (QED) is 0.624. The lowest BCUT2D eigenvalue weighted by Crippen LogP contribution is -2.51. The van der Waals surface area contributed by atoms with Gasteiger partial charge in [-0.3, -0.25) is 0 Å². The molecule has 0 amide bonds. The van der Waals surface area contributed by atoms with E-state index < -0.39 is 10.0 Å². The lowest BCUT2D eigenvalue weighted by molar-refractivity contribution is 0.187. The highest BCUT2D eigenvalue weighted by Gasteiger charge is 2.37. The average Bonchev–Trinajstić information content (AvgIpc) is 3.11. The molecule has 1 aromatic heterocycles. The highest BCUT2D eigenvalue weighted by molar-refractivity contribution is 7.89. The van der Waals surface area contributed by atoms with Gasteiger partial charge < -0.3 is 4.74 Å². The van der Waals surface area contributed by atoms with Crippen LogP contribution in [-0.4, -0.2) is 53.2 Å². The predicted molar refractivity (Wildman–Crippen MR) is 102 cm³/mol. The molecule has 0 radical (unpaired) electrons. The number of aromatic nitrogens is 3. The second-order valence-corrected chi connectivity index (χ2v) is 8.49. The van der Waals surface area contributed by atoms with Crippen molar-refractivity contribution in [2.24, 2.45) is 0 Å². The molecule has 1 fully saturated rings. The van der Waals surface area contributed by atoms with Gasteiger partial charge in [0, 0.05) is 18.7 Å². The summed E-state index contributed by atoms with van der Waals surface area (Å²) >= 11 is 0. The van der Waals surface area contributed by atoms with Crippen LogP contribution in [0.25, 0.3) is 11.3 Å². The zero-order chi connectivity index (χ0) is 18.7. The molecule has 4 rings (SSSR count). The summed E-state index contributed by atoms with van der Waals surface area (Å²) in [6, 6.07) is 19.0. The van der Waals surface area contributed by atoms with E-state index >= 15 is 0 Å². The van der Waals surface area contributed by atoms with Crippen molar-refractivity contribution in [3.8, 4) is 17.0 Å². The van der Waals surface area contributed by atoms with Gasteiger partial charge in [0.2, 0.25) is 10.0 Å². The normalized spacial score (nSPS) is 15.4. The van der Waals surface area contributed by atoms with Crippen LogP contribution in [0, 0.1) is 0 Å². The van der Waals surface area contributed by atoms with Gasteiger partial charge in [-0.25, -0.2) is 13.1 Å². The maximum atomic E-state index is 12.4. The fourth-order valence-corrected chi connectivity index (χ4v) is 4.27. The number of sulfonamides is 1. The molecule has 8 heteroatoms. The number of hydrogen-bond acceptors (Lipinski definition) is 5. The van der Waals surface area contributed by atoms with Crippen molar-refractivity contribution in [1.82, 2.24) is 19.3 Å². The van der Waals surface area contributed by atoms with Crippen molar-refractivity contribution >= 4 is 10.0 Å². The van der Waals surface area contributed by atoms with Crippen LogP contribution in [-0.2, 0) is 10.0 Å². The third-order valence-corrected chi connectivity index (χ3v) is 6.30. The standard InChI is InChI=1S/C19H20N4O3S/c24-27(25,12-11-26-18-9-5-2-6-10-18)22-13-17(14-22)23-15-19(20-21-23)16-7-3-1-4-8-16/h1-10,15,17H,11-14H2. The number of hydrogen-bond donors (Lipinski definition) is 0. The van der Waals surface area contributed by atoms with Crippen molar-refractivity contribution in [3.63, 3.8) is 0 Å². The highest BCUT2D eigenvalue weighted by atomic mass is 32.2. The van der Waals surface area contributed by atoms with Gasteiger partial charge in [0.05, 0.1) is 18.0 Å². The number of benzene rings is 2. The van der Waals surface area contributed by atoms with Crippen molar-refractivity contribution < 1.29 is 13.2 Å². The maximum absolute atomic E-state index is 12.4. The topological polar surface area (TPSA) is 77.3 Å². The molecule has 2 aromatic carbocycles. The number of para-hydroxylation sites is 1. The first-order valence-electron chi connectivity index (χ1n) is 8.75. The van der Waals surface area contributed by atoms with E-state index in [-0.39, 0.29) is 18.4 Å². The molecule has 27 heavy (non-hydrogen) atoms. The van der Waals surface area contributed by atoms with Gasteiger partial charge in [-0.1, -0.05) is 53.7 Å². The van der Waals surface area contributed by atoms with Crippen molar-refractivity contribution in [2.75, 3.05) is 25.4 Å². The van der Waals surface area contributed by atoms with Gasteiger partial charge >= 0.3 is 0 Å². The van der Waals surface area contributed by atoms with E-state index in [1.165, 1.54) is 4.31 Å². The number of ether oxygens (including phenoxy) is 1. The van der Waals surface area contributed by atoms with E-state index in [0.717, 1.165) is 11.3 Å².